The topological polar surface area (TPSA) is 42.1 Å². The molecule has 16 heavy (non-hydrogen) atoms. The first-order valence-corrected chi connectivity index (χ1v) is 6.69. The fraction of sp³-hybridized carbons (Fsp3) is 0.583. The minimum absolute atomic E-state index is 0.439. The number of nitrogens with two attached hydrogens (primary N) is 1. The summed E-state index contributed by atoms with van der Waals surface area (Å²) in [6.45, 7) is 1.78. The lowest BCUT2D eigenvalue weighted by atomic mass is 10.1. The van der Waals surface area contributed by atoms with Crippen molar-refractivity contribution in [2.75, 3.05) is 18.0 Å². The molecule has 88 valence electrons. The van der Waals surface area contributed by atoms with Crippen LogP contribution in [-0.2, 0) is 0 Å². The number of hydrogen-bond donors (Lipinski definition) is 1. The van der Waals surface area contributed by atoms with Crippen LogP contribution in [0.25, 0.3) is 0 Å². The number of hydrogen-bond acceptors (Lipinski definition) is 3. The summed E-state index contributed by atoms with van der Waals surface area (Å²) in [7, 11) is 0. The predicted octanol–water partition coefficient (Wildman–Crippen LogP) is 2.55. The zero-order valence-electron chi connectivity index (χ0n) is 9.40. The fourth-order valence-corrected chi connectivity index (χ4v) is 2.77. The molecule has 1 aromatic rings. The summed E-state index contributed by atoms with van der Waals surface area (Å²) in [5.74, 6) is 1.04. The van der Waals surface area contributed by atoms with Gasteiger partial charge in [0, 0.05) is 25.3 Å². The van der Waals surface area contributed by atoms with Crippen LogP contribution in [0.3, 0.4) is 0 Å². The Bertz CT molecular complexity index is 343. The first kappa shape index (κ1) is 11.9. The van der Waals surface area contributed by atoms with E-state index in [2.05, 4.69) is 25.8 Å². The van der Waals surface area contributed by atoms with Gasteiger partial charge in [0.05, 0.1) is 4.47 Å². The largest absolute Gasteiger partial charge is 0.351 e. The highest BCUT2D eigenvalue weighted by Crippen LogP contribution is 2.28. The molecule has 4 heteroatoms. The van der Waals surface area contributed by atoms with Crippen LogP contribution in [0.2, 0.25) is 0 Å². The number of rotatable bonds is 2. The van der Waals surface area contributed by atoms with Crippen molar-refractivity contribution < 1.29 is 0 Å². The molecule has 1 fully saturated rings. The number of anilines is 1. The van der Waals surface area contributed by atoms with E-state index in [9.17, 15) is 0 Å². The number of nitrogens with zero attached hydrogens (tertiary/aromatic N) is 2. The second-order valence-corrected chi connectivity index (χ2v) is 5.10. The molecule has 3 nitrogen and oxygen atoms in total. The van der Waals surface area contributed by atoms with Crippen LogP contribution in [-0.4, -0.2) is 24.1 Å². The maximum atomic E-state index is 5.87. The smallest absolute Gasteiger partial charge is 0.143 e. The Morgan fingerprint density at radius 2 is 2.31 bits per heavy atom. The van der Waals surface area contributed by atoms with E-state index in [1.807, 2.05) is 18.3 Å². The van der Waals surface area contributed by atoms with E-state index < -0.39 is 0 Å². The normalized spacial score (nSPS) is 21.9. The first-order chi connectivity index (χ1) is 7.83. The van der Waals surface area contributed by atoms with Gasteiger partial charge in [-0.3, -0.25) is 0 Å². The molecule has 1 unspecified atom stereocenters. The second-order valence-electron chi connectivity index (χ2n) is 4.24. The van der Waals surface area contributed by atoms with E-state index in [1.54, 1.807) is 0 Å². The second kappa shape index (κ2) is 5.64. The third kappa shape index (κ3) is 2.55. The lowest BCUT2D eigenvalue weighted by Crippen LogP contribution is -2.40. The van der Waals surface area contributed by atoms with Crippen LogP contribution < -0.4 is 10.6 Å². The maximum absolute atomic E-state index is 5.87. The minimum Gasteiger partial charge on any atom is -0.351 e. The van der Waals surface area contributed by atoms with Crippen molar-refractivity contribution >= 4 is 21.7 Å². The zero-order chi connectivity index (χ0) is 11.4. The van der Waals surface area contributed by atoms with E-state index in [4.69, 9.17) is 5.73 Å². The Morgan fingerprint density at radius 1 is 1.44 bits per heavy atom. The van der Waals surface area contributed by atoms with Crippen molar-refractivity contribution in [3.63, 3.8) is 0 Å². The summed E-state index contributed by atoms with van der Waals surface area (Å²) < 4.78 is 1.07. The molecular weight excluding hydrogens is 266 g/mol. The summed E-state index contributed by atoms with van der Waals surface area (Å²) in [6.07, 6.45) is 6.85. The van der Waals surface area contributed by atoms with Crippen LogP contribution in [0.15, 0.2) is 22.8 Å². The molecule has 0 amide bonds. The lowest BCUT2D eigenvalue weighted by Gasteiger charge is -2.30. The van der Waals surface area contributed by atoms with Gasteiger partial charge in [-0.05, 0) is 40.9 Å². The lowest BCUT2D eigenvalue weighted by molar-refractivity contribution is 0.575. The molecular formula is C12H18BrN3. The van der Waals surface area contributed by atoms with Gasteiger partial charge in [0.1, 0.15) is 5.82 Å². The predicted molar refractivity (Wildman–Crippen MR) is 70.6 cm³/mol. The van der Waals surface area contributed by atoms with Crippen LogP contribution >= 0.6 is 15.9 Å². The number of pyridine rings is 1. The molecule has 0 aromatic carbocycles. The first-order valence-electron chi connectivity index (χ1n) is 5.90. The molecule has 0 bridgehead atoms. The van der Waals surface area contributed by atoms with Crippen molar-refractivity contribution in [3.05, 3.63) is 22.8 Å². The van der Waals surface area contributed by atoms with E-state index >= 15 is 0 Å². The van der Waals surface area contributed by atoms with Gasteiger partial charge in [-0.2, -0.15) is 0 Å². The van der Waals surface area contributed by atoms with Crippen molar-refractivity contribution in [2.24, 2.45) is 5.73 Å². The SMILES string of the molecule is NCC1CCCCCN1c1ncccc1Br. The molecule has 0 aliphatic carbocycles. The van der Waals surface area contributed by atoms with Gasteiger partial charge in [0.25, 0.3) is 0 Å². The highest BCUT2D eigenvalue weighted by atomic mass is 79.9. The van der Waals surface area contributed by atoms with Gasteiger partial charge in [0.15, 0.2) is 0 Å². The Balaban J connectivity index is 2.25. The fourth-order valence-electron chi connectivity index (χ4n) is 2.29. The summed E-state index contributed by atoms with van der Waals surface area (Å²) in [5, 5.41) is 0. The molecule has 2 heterocycles. The molecule has 1 aliphatic heterocycles. The van der Waals surface area contributed by atoms with Gasteiger partial charge < -0.3 is 10.6 Å². The van der Waals surface area contributed by atoms with E-state index in [-0.39, 0.29) is 0 Å². The minimum atomic E-state index is 0.439. The monoisotopic (exact) mass is 283 g/mol. The molecule has 1 aromatic heterocycles. The van der Waals surface area contributed by atoms with Gasteiger partial charge >= 0.3 is 0 Å². The van der Waals surface area contributed by atoms with E-state index in [0.29, 0.717) is 12.6 Å². The highest BCUT2D eigenvalue weighted by Gasteiger charge is 2.22. The van der Waals surface area contributed by atoms with Gasteiger partial charge in [-0.15, -0.1) is 0 Å². The van der Waals surface area contributed by atoms with E-state index in [0.717, 1.165) is 16.8 Å². The van der Waals surface area contributed by atoms with Crippen LogP contribution in [0.1, 0.15) is 25.7 Å². The molecule has 2 N–H and O–H groups in total. The summed E-state index contributed by atoms with van der Waals surface area (Å²) >= 11 is 3.57. The molecule has 1 aliphatic rings. The average molecular weight is 284 g/mol. The molecule has 1 atom stereocenters. The molecule has 1 saturated heterocycles. The van der Waals surface area contributed by atoms with Gasteiger partial charge in [-0.25, -0.2) is 4.98 Å². The van der Waals surface area contributed by atoms with Crippen molar-refractivity contribution in [1.29, 1.82) is 0 Å². The van der Waals surface area contributed by atoms with Crippen molar-refractivity contribution in [2.45, 2.75) is 31.7 Å². The standard InChI is InChI=1S/C12H18BrN3/c13-11-6-4-7-15-12(11)16-8-3-1-2-5-10(16)9-14/h4,6-7,10H,1-3,5,8-9,14H2. The number of aromatic nitrogens is 1. The molecule has 0 radical (unpaired) electrons. The van der Waals surface area contributed by atoms with Gasteiger partial charge in [-0.1, -0.05) is 12.8 Å². The van der Waals surface area contributed by atoms with Crippen LogP contribution in [0.4, 0.5) is 5.82 Å². The van der Waals surface area contributed by atoms with Crippen molar-refractivity contribution in [1.82, 2.24) is 4.98 Å². The molecule has 0 spiro atoms. The Kier molecular flexibility index (Phi) is 4.18. The summed E-state index contributed by atoms with van der Waals surface area (Å²) in [5.41, 5.74) is 5.87. The molecule has 2 rings (SSSR count). The third-order valence-electron chi connectivity index (χ3n) is 3.16. The van der Waals surface area contributed by atoms with Crippen molar-refractivity contribution in [3.8, 4) is 0 Å². The Labute approximate surface area is 105 Å². The average Bonchev–Trinajstić information content (AvgIpc) is 2.54. The highest BCUT2D eigenvalue weighted by molar-refractivity contribution is 9.10. The van der Waals surface area contributed by atoms with Gasteiger partial charge in [0.2, 0.25) is 0 Å². The maximum Gasteiger partial charge on any atom is 0.143 e. The quantitative estimate of drug-likeness (QED) is 0.907. The third-order valence-corrected chi connectivity index (χ3v) is 3.78. The van der Waals surface area contributed by atoms with Crippen LogP contribution in [0, 0.1) is 0 Å². The summed E-state index contributed by atoms with van der Waals surface area (Å²) in [6, 6.07) is 4.43. The van der Waals surface area contributed by atoms with Crippen LogP contribution in [0.5, 0.6) is 0 Å². The Morgan fingerprint density at radius 3 is 3.06 bits per heavy atom. The molecule has 0 saturated carbocycles. The Hall–Kier alpha value is -0.610. The number of halogens is 1. The van der Waals surface area contributed by atoms with E-state index in [1.165, 1.54) is 25.7 Å². The zero-order valence-corrected chi connectivity index (χ0v) is 11.0. The summed E-state index contributed by atoms with van der Waals surface area (Å²) in [4.78, 5) is 6.82.